The molecule has 1 saturated carbocycles. The van der Waals surface area contributed by atoms with Gasteiger partial charge in [-0.1, -0.05) is 19.8 Å². The van der Waals surface area contributed by atoms with Gasteiger partial charge in [-0.2, -0.15) is 0 Å². The Kier molecular flexibility index (Phi) is 4.45. The molecule has 3 unspecified atom stereocenters. The molecule has 0 radical (unpaired) electrons. The van der Waals surface area contributed by atoms with Crippen LogP contribution in [0.4, 0.5) is 0 Å². The minimum Gasteiger partial charge on any atom is -0.376 e. The fraction of sp³-hybridized carbons (Fsp3) is 1.00. The van der Waals surface area contributed by atoms with Gasteiger partial charge in [-0.15, -0.1) is 0 Å². The van der Waals surface area contributed by atoms with Gasteiger partial charge in [-0.25, -0.2) is 0 Å². The lowest BCUT2D eigenvalue weighted by Gasteiger charge is -2.44. The van der Waals surface area contributed by atoms with Crippen molar-refractivity contribution < 1.29 is 4.74 Å². The molecule has 1 heterocycles. The highest BCUT2D eigenvalue weighted by molar-refractivity contribution is 4.89. The third-order valence-corrected chi connectivity index (χ3v) is 4.50. The molecule has 0 amide bonds. The summed E-state index contributed by atoms with van der Waals surface area (Å²) in [6.07, 6.45) is 5.77. The second-order valence-electron chi connectivity index (χ2n) is 6.32. The van der Waals surface area contributed by atoms with Crippen LogP contribution in [0.5, 0.6) is 0 Å². The first-order valence-electron chi connectivity index (χ1n) is 7.17. The van der Waals surface area contributed by atoms with Crippen LogP contribution in [0.15, 0.2) is 0 Å². The second kappa shape index (κ2) is 5.68. The molecule has 3 nitrogen and oxygen atoms in total. The van der Waals surface area contributed by atoms with Gasteiger partial charge in [0.2, 0.25) is 0 Å². The van der Waals surface area contributed by atoms with Crippen LogP contribution in [0, 0.1) is 11.3 Å². The molecule has 3 heteroatoms. The molecule has 1 aliphatic heterocycles. The van der Waals surface area contributed by atoms with E-state index >= 15 is 0 Å². The summed E-state index contributed by atoms with van der Waals surface area (Å²) in [6, 6.07) is 0. The van der Waals surface area contributed by atoms with Crippen molar-refractivity contribution in [3.63, 3.8) is 0 Å². The topological polar surface area (TPSA) is 38.5 Å². The van der Waals surface area contributed by atoms with Crippen molar-refractivity contribution in [2.24, 2.45) is 17.1 Å². The smallest absolute Gasteiger partial charge is 0.0674 e. The lowest BCUT2D eigenvalue weighted by Crippen LogP contribution is -2.50. The Hall–Kier alpha value is -0.120. The van der Waals surface area contributed by atoms with Gasteiger partial charge >= 0.3 is 0 Å². The number of rotatable bonds is 3. The summed E-state index contributed by atoms with van der Waals surface area (Å²) in [5.74, 6) is 0.853. The van der Waals surface area contributed by atoms with Gasteiger partial charge < -0.3 is 10.5 Å². The van der Waals surface area contributed by atoms with Gasteiger partial charge in [0, 0.05) is 19.6 Å². The maximum Gasteiger partial charge on any atom is 0.0674 e. The zero-order chi connectivity index (χ0) is 12.3. The monoisotopic (exact) mass is 240 g/mol. The van der Waals surface area contributed by atoms with E-state index in [1.807, 2.05) is 0 Å². The van der Waals surface area contributed by atoms with Crippen molar-refractivity contribution in [1.29, 1.82) is 0 Å². The van der Waals surface area contributed by atoms with E-state index in [1.165, 1.54) is 32.2 Å². The van der Waals surface area contributed by atoms with Crippen molar-refractivity contribution in [2.45, 2.75) is 45.6 Å². The van der Waals surface area contributed by atoms with E-state index in [2.05, 4.69) is 18.7 Å². The molecule has 0 aromatic heterocycles. The quantitative estimate of drug-likeness (QED) is 0.818. The van der Waals surface area contributed by atoms with Crippen LogP contribution < -0.4 is 5.73 Å². The first-order valence-corrected chi connectivity index (χ1v) is 7.17. The summed E-state index contributed by atoms with van der Waals surface area (Å²) in [7, 11) is 0. The van der Waals surface area contributed by atoms with Crippen molar-refractivity contribution >= 4 is 0 Å². The lowest BCUT2D eigenvalue weighted by molar-refractivity contribution is -0.0382. The van der Waals surface area contributed by atoms with Crippen molar-refractivity contribution in [1.82, 2.24) is 4.90 Å². The first-order chi connectivity index (χ1) is 8.13. The van der Waals surface area contributed by atoms with Crippen molar-refractivity contribution in [3.05, 3.63) is 0 Å². The van der Waals surface area contributed by atoms with E-state index in [-0.39, 0.29) is 0 Å². The molecule has 0 spiro atoms. The predicted molar refractivity (Wildman–Crippen MR) is 71.0 cm³/mol. The van der Waals surface area contributed by atoms with Gasteiger partial charge in [0.15, 0.2) is 0 Å². The number of morpholine rings is 1. The summed E-state index contributed by atoms with van der Waals surface area (Å²) in [6.45, 7) is 9.63. The maximum absolute atomic E-state index is 6.09. The minimum absolute atomic E-state index is 0.384. The molecular formula is C14H28N2O. The Balaban J connectivity index is 1.93. The molecule has 2 aliphatic rings. The summed E-state index contributed by atoms with van der Waals surface area (Å²) in [4.78, 5) is 2.57. The van der Waals surface area contributed by atoms with E-state index in [1.54, 1.807) is 0 Å². The molecule has 1 aliphatic carbocycles. The molecule has 2 rings (SSSR count). The SMILES string of the molecule is CC1CCCC(CN)(CN2CCOC(C)C2)C1. The molecule has 2 fully saturated rings. The van der Waals surface area contributed by atoms with E-state index in [9.17, 15) is 0 Å². The molecule has 0 aromatic rings. The Bertz CT molecular complexity index is 246. The predicted octanol–water partition coefficient (Wildman–Crippen LogP) is 1.86. The molecular weight excluding hydrogens is 212 g/mol. The van der Waals surface area contributed by atoms with Crippen molar-refractivity contribution in [3.8, 4) is 0 Å². The van der Waals surface area contributed by atoms with E-state index in [0.717, 1.165) is 32.2 Å². The first kappa shape index (κ1) is 13.3. The molecule has 0 bridgehead atoms. The van der Waals surface area contributed by atoms with Crippen LogP contribution in [0.25, 0.3) is 0 Å². The normalized spacial score (nSPS) is 40.4. The van der Waals surface area contributed by atoms with Gasteiger partial charge in [0.05, 0.1) is 12.7 Å². The minimum atomic E-state index is 0.384. The highest BCUT2D eigenvalue weighted by atomic mass is 16.5. The number of nitrogens with zero attached hydrogens (tertiary/aromatic N) is 1. The fourth-order valence-electron chi connectivity index (χ4n) is 3.67. The average molecular weight is 240 g/mol. The zero-order valence-corrected chi connectivity index (χ0v) is 11.5. The van der Waals surface area contributed by atoms with Crippen LogP contribution >= 0.6 is 0 Å². The molecule has 0 aromatic carbocycles. The standard InChI is InChI=1S/C14H28N2O/c1-12-4-3-5-14(8-12,10-15)11-16-6-7-17-13(2)9-16/h12-13H,3-11,15H2,1-2H3. The molecule has 2 N–H and O–H groups in total. The third-order valence-electron chi connectivity index (χ3n) is 4.50. The molecule has 1 saturated heterocycles. The summed E-state index contributed by atoms with van der Waals surface area (Å²) in [5.41, 5.74) is 6.48. The molecule has 17 heavy (non-hydrogen) atoms. The van der Waals surface area contributed by atoms with Crippen LogP contribution in [-0.4, -0.2) is 43.8 Å². The number of hydrogen-bond acceptors (Lipinski definition) is 3. The highest BCUT2D eigenvalue weighted by Crippen LogP contribution is 2.39. The van der Waals surface area contributed by atoms with E-state index < -0.39 is 0 Å². The Morgan fingerprint density at radius 3 is 2.88 bits per heavy atom. The second-order valence-corrected chi connectivity index (χ2v) is 6.32. The number of hydrogen-bond donors (Lipinski definition) is 1. The third kappa shape index (κ3) is 3.43. The average Bonchev–Trinajstić information content (AvgIpc) is 2.29. The Morgan fingerprint density at radius 1 is 1.41 bits per heavy atom. The van der Waals surface area contributed by atoms with Gasteiger partial charge in [0.1, 0.15) is 0 Å². The Morgan fingerprint density at radius 2 is 2.24 bits per heavy atom. The summed E-state index contributed by atoms with van der Waals surface area (Å²) in [5, 5.41) is 0. The number of ether oxygens (including phenoxy) is 1. The summed E-state index contributed by atoms with van der Waals surface area (Å²) < 4.78 is 5.61. The largest absolute Gasteiger partial charge is 0.376 e. The fourth-order valence-corrected chi connectivity index (χ4v) is 3.67. The van der Waals surface area contributed by atoms with Crippen LogP contribution in [0.2, 0.25) is 0 Å². The van der Waals surface area contributed by atoms with Crippen molar-refractivity contribution in [2.75, 3.05) is 32.8 Å². The number of nitrogens with two attached hydrogens (primary N) is 1. The zero-order valence-electron chi connectivity index (χ0n) is 11.5. The lowest BCUT2D eigenvalue weighted by atomic mass is 9.69. The Labute approximate surface area is 106 Å². The van der Waals surface area contributed by atoms with E-state index in [0.29, 0.717) is 11.5 Å². The van der Waals surface area contributed by atoms with Gasteiger partial charge in [-0.3, -0.25) is 4.90 Å². The van der Waals surface area contributed by atoms with E-state index in [4.69, 9.17) is 10.5 Å². The van der Waals surface area contributed by atoms with Crippen LogP contribution in [0.3, 0.4) is 0 Å². The van der Waals surface area contributed by atoms with Crippen LogP contribution in [-0.2, 0) is 4.74 Å². The van der Waals surface area contributed by atoms with Gasteiger partial charge in [-0.05, 0) is 37.6 Å². The van der Waals surface area contributed by atoms with Crippen LogP contribution in [0.1, 0.15) is 39.5 Å². The molecule has 100 valence electrons. The highest BCUT2D eigenvalue weighted by Gasteiger charge is 2.36. The maximum atomic E-state index is 6.09. The summed E-state index contributed by atoms with van der Waals surface area (Å²) >= 11 is 0. The van der Waals surface area contributed by atoms with Gasteiger partial charge in [0.25, 0.3) is 0 Å². The molecule has 3 atom stereocenters.